The van der Waals surface area contributed by atoms with Gasteiger partial charge in [-0.3, -0.25) is 0 Å². The lowest BCUT2D eigenvalue weighted by Gasteiger charge is -2.09. The van der Waals surface area contributed by atoms with Crippen molar-refractivity contribution >= 4 is 23.4 Å². The number of thioether (sulfide) groups is 1. The molecule has 1 rings (SSSR count). The van der Waals surface area contributed by atoms with Gasteiger partial charge in [0.05, 0.1) is 0 Å². The predicted molar refractivity (Wildman–Crippen MR) is 61.7 cm³/mol. The van der Waals surface area contributed by atoms with Gasteiger partial charge in [0, 0.05) is 23.8 Å². The van der Waals surface area contributed by atoms with Crippen molar-refractivity contribution in [3.63, 3.8) is 0 Å². The number of halogens is 1. The summed E-state index contributed by atoms with van der Waals surface area (Å²) in [4.78, 5) is 4.01. The maximum Gasteiger partial charge on any atom is 0.133 e. The van der Waals surface area contributed by atoms with E-state index in [1.807, 2.05) is 12.1 Å². The van der Waals surface area contributed by atoms with Gasteiger partial charge in [-0.05, 0) is 18.1 Å². The SMILES string of the molecule is CC(CCO)SCc1cccnc1Cl. The van der Waals surface area contributed by atoms with E-state index < -0.39 is 0 Å². The summed E-state index contributed by atoms with van der Waals surface area (Å²) in [7, 11) is 0. The maximum atomic E-state index is 8.74. The molecule has 0 saturated heterocycles. The van der Waals surface area contributed by atoms with Crippen LogP contribution in [-0.4, -0.2) is 21.9 Å². The third-order valence-corrected chi connectivity index (χ3v) is 3.52. The average Bonchev–Trinajstić information content (AvgIpc) is 2.17. The fourth-order valence-electron chi connectivity index (χ4n) is 1.02. The number of hydrogen-bond donors (Lipinski definition) is 1. The minimum atomic E-state index is 0.245. The zero-order chi connectivity index (χ0) is 10.4. The number of hydrogen-bond acceptors (Lipinski definition) is 3. The Morgan fingerprint density at radius 3 is 3.07 bits per heavy atom. The molecule has 0 bridgehead atoms. The summed E-state index contributed by atoms with van der Waals surface area (Å²) >= 11 is 7.69. The number of aliphatic hydroxyl groups excluding tert-OH is 1. The first-order chi connectivity index (χ1) is 6.74. The zero-order valence-corrected chi connectivity index (χ0v) is 9.68. The average molecular weight is 232 g/mol. The molecular weight excluding hydrogens is 218 g/mol. The second-order valence-corrected chi connectivity index (χ2v) is 4.87. The minimum absolute atomic E-state index is 0.245. The molecule has 1 heterocycles. The van der Waals surface area contributed by atoms with E-state index >= 15 is 0 Å². The molecule has 0 aromatic carbocycles. The Bertz CT molecular complexity index is 283. The first kappa shape index (κ1) is 11.8. The standard InChI is InChI=1S/C10H14ClNOS/c1-8(4-6-13)14-7-9-3-2-5-12-10(9)11/h2-3,5,8,13H,4,6-7H2,1H3. The van der Waals surface area contributed by atoms with Gasteiger partial charge in [0.25, 0.3) is 0 Å². The van der Waals surface area contributed by atoms with Gasteiger partial charge in [-0.1, -0.05) is 24.6 Å². The van der Waals surface area contributed by atoms with Gasteiger partial charge in [0.2, 0.25) is 0 Å². The van der Waals surface area contributed by atoms with Crippen molar-refractivity contribution in [2.45, 2.75) is 24.3 Å². The van der Waals surface area contributed by atoms with Crippen molar-refractivity contribution < 1.29 is 5.11 Å². The Morgan fingerprint density at radius 1 is 1.64 bits per heavy atom. The molecular formula is C10H14ClNOS. The van der Waals surface area contributed by atoms with E-state index in [1.165, 1.54) is 0 Å². The van der Waals surface area contributed by atoms with Gasteiger partial charge < -0.3 is 5.11 Å². The smallest absolute Gasteiger partial charge is 0.133 e. The highest BCUT2D eigenvalue weighted by Gasteiger charge is 2.04. The molecule has 1 unspecified atom stereocenters. The van der Waals surface area contributed by atoms with E-state index in [4.69, 9.17) is 16.7 Å². The third-order valence-electron chi connectivity index (χ3n) is 1.90. The number of nitrogens with zero attached hydrogens (tertiary/aromatic N) is 1. The van der Waals surface area contributed by atoms with Crippen LogP contribution in [0.1, 0.15) is 18.9 Å². The van der Waals surface area contributed by atoms with Gasteiger partial charge in [0.1, 0.15) is 5.15 Å². The fraction of sp³-hybridized carbons (Fsp3) is 0.500. The van der Waals surface area contributed by atoms with Gasteiger partial charge in [-0.25, -0.2) is 4.98 Å². The molecule has 0 fully saturated rings. The molecule has 14 heavy (non-hydrogen) atoms. The highest BCUT2D eigenvalue weighted by atomic mass is 35.5. The minimum Gasteiger partial charge on any atom is -0.396 e. The topological polar surface area (TPSA) is 33.1 Å². The van der Waals surface area contributed by atoms with Crippen LogP contribution in [0.25, 0.3) is 0 Å². The molecule has 1 N–H and O–H groups in total. The predicted octanol–water partition coefficient (Wildman–Crippen LogP) is 2.74. The number of aromatic nitrogens is 1. The van der Waals surface area contributed by atoms with Crippen LogP contribution in [0.3, 0.4) is 0 Å². The second kappa shape index (κ2) is 6.27. The van der Waals surface area contributed by atoms with Crippen LogP contribution in [0.4, 0.5) is 0 Å². The first-order valence-electron chi connectivity index (χ1n) is 4.56. The second-order valence-electron chi connectivity index (χ2n) is 3.09. The summed E-state index contributed by atoms with van der Waals surface area (Å²) in [5, 5.41) is 9.77. The zero-order valence-electron chi connectivity index (χ0n) is 8.11. The van der Waals surface area contributed by atoms with Crippen LogP contribution >= 0.6 is 23.4 Å². The highest BCUT2D eigenvalue weighted by Crippen LogP contribution is 2.23. The van der Waals surface area contributed by atoms with Crippen LogP contribution in [0, 0.1) is 0 Å². The Balaban J connectivity index is 2.41. The van der Waals surface area contributed by atoms with E-state index in [1.54, 1.807) is 18.0 Å². The van der Waals surface area contributed by atoms with Gasteiger partial charge in [0.15, 0.2) is 0 Å². The Hall–Kier alpha value is -0.250. The van der Waals surface area contributed by atoms with Gasteiger partial charge in [-0.2, -0.15) is 11.8 Å². The van der Waals surface area contributed by atoms with E-state index in [0.29, 0.717) is 10.4 Å². The first-order valence-corrected chi connectivity index (χ1v) is 5.98. The molecule has 0 spiro atoms. The number of aliphatic hydroxyl groups is 1. The molecule has 0 amide bonds. The van der Waals surface area contributed by atoms with E-state index in [0.717, 1.165) is 17.7 Å². The highest BCUT2D eigenvalue weighted by molar-refractivity contribution is 7.99. The summed E-state index contributed by atoms with van der Waals surface area (Å²) in [6.45, 7) is 2.35. The third kappa shape index (κ3) is 3.86. The van der Waals surface area contributed by atoms with Gasteiger partial charge in [-0.15, -0.1) is 0 Å². The van der Waals surface area contributed by atoms with Crippen molar-refractivity contribution in [3.8, 4) is 0 Å². The quantitative estimate of drug-likeness (QED) is 0.792. The Kier molecular flexibility index (Phi) is 5.30. The molecule has 1 aromatic rings. The molecule has 1 aromatic heterocycles. The van der Waals surface area contributed by atoms with Crippen LogP contribution in [0.2, 0.25) is 5.15 Å². The molecule has 0 aliphatic heterocycles. The maximum absolute atomic E-state index is 8.74. The number of pyridine rings is 1. The van der Waals surface area contributed by atoms with Crippen LogP contribution in [0.5, 0.6) is 0 Å². The number of rotatable bonds is 5. The lowest BCUT2D eigenvalue weighted by Crippen LogP contribution is -2.00. The summed E-state index contributed by atoms with van der Waals surface area (Å²) in [5.41, 5.74) is 1.06. The molecule has 0 saturated carbocycles. The van der Waals surface area contributed by atoms with Crippen molar-refractivity contribution in [2.75, 3.05) is 6.61 Å². The lowest BCUT2D eigenvalue weighted by molar-refractivity contribution is 0.289. The molecule has 4 heteroatoms. The monoisotopic (exact) mass is 231 g/mol. The molecule has 2 nitrogen and oxygen atoms in total. The van der Waals surface area contributed by atoms with E-state index in [2.05, 4.69) is 11.9 Å². The van der Waals surface area contributed by atoms with Crippen LogP contribution < -0.4 is 0 Å². The Morgan fingerprint density at radius 2 is 2.43 bits per heavy atom. The van der Waals surface area contributed by atoms with Crippen molar-refractivity contribution in [1.82, 2.24) is 4.98 Å². The molecule has 78 valence electrons. The van der Waals surface area contributed by atoms with Crippen LogP contribution in [0.15, 0.2) is 18.3 Å². The summed E-state index contributed by atoms with van der Waals surface area (Å²) in [5.74, 6) is 0.855. The van der Waals surface area contributed by atoms with Gasteiger partial charge >= 0.3 is 0 Å². The normalized spacial score (nSPS) is 12.8. The van der Waals surface area contributed by atoms with Crippen molar-refractivity contribution in [2.24, 2.45) is 0 Å². The Labute approximate surface area is 93.7 Å². The molecule has 1 atom stereocenters. The lowest BCUT2D eigenvalue weighted by atomic mass is 10.3. The summed E-state index contributed by atoms with van der Waals surface area (Å²) < 4.78 is 0. The molecule has 0 aliphatic rings. The van der Waals surface area contributed by atoms with E-state index in [-0.39, 0.29) is 6.61 Å². The molecule has 0 radical (unpaired) electrons. The largest absolute Gasteiger partial charge is 0.396 e. The van der Waals surface area contributed by atoms with Crippen molar-refractivity contribution in [1.29, 1.82) is 0 Å². The fourth-order valence-corrected chi connectivity index (χ4v) is 2.26. The van der Waals surface area contributed by atoms with E-state index in [9.17, 15) is 0 Å². The summed E-state index contributed by atoms with van der Waals surface area (Å²) in [6, 6.07) is 3.87. The molecule has 0 aliphatic carbocycles. The summed E-state index contributed by atoms with van der Waals surface area (Å²) in [6.07, 6.45) is 2.51. The van der Waals surface area contributed by atoms with Crippen molar-refractivity contribution in [3.05, 3.63) is 29.0 Å². The van der Waals surface area contributed by atoms with Crippen LogP contribution in [-0.2, 0) is 5.75 Å².